The second-order valence-corrected chi connectivity index (χ2v) is 8.03. The van der Waals surface area contributed by atoms with Crippen LogP contribution in [0.15, 0.2) is 66.2 Å². The number of hydrogen-bond acceptors (Lipinski definition) is 5. The maximum absolute atomic E-state index is 14.0. The first-order chi connectivity index (χ1) is 15.3. The standard InChI is InChI=1S/C25H23FN2O4/c1-27(2)12-13-28-21(16-7-5-8-17(26)14-16)20(24(31)25(28)32)23(30)19-11-10-15-6-3-4-9-18(15)22(19)29/h3-11,14,21,29-30H,12-13H2,1-2H3. The Labute approximate surface area is 184 Å². The van der Waals surface area contributed by atoms with Crippen molar-refractivity contribution in [3.8, 4) is 5.75 Å². The Kier molecular flexibility index (Phi) is 5.67. The molecule has 3 aromatic rings. The summed E-state index contributed by atoms with van der Waals surface area (Å²) in [5.74, 6) is -2.86. The van der Waals surface area contributed by atoms with Crippen molar-refractivity contribution in [2.75, 3.05) is 27.2 Å². The quantitative estimate of drug-likeness (QED) is 0.364. The van der Waals surface area contributed by atoms with Crippen LogP contribution in [0.5, 0.6) is 5.75 Å². The topological polar surface area (TPSA) is 81.1 Å². The highest BCUT2D eigenvalue weighted by Crippen LogP contribution is 2.42. The summed E-state index contributed by atoms with van der Waals surface area (Å²) in [6.07, 6.45) is 0. The molecule has 0 saturated carbocycles. The van der Waals surface area contributed by atoms with Gasteiger partial charge in [-0.25, -0.2) is 4.39 Å². The zero-order valence-corrected chi connectivity index (χ0v) is 17.7. The molecule has 7 heteroatoms. The highest BCUT2D eigenvalue weighted by molar-refractivity contribution is 6.46. The highest BCUT2D eigenvalue weighted by Gasteiger charge is 2.46. The normalized spacial score (nSPS) is 18.1. The molecule has 0 radical (unpaired) electrons. The Morgan fingerprint density at radius 3 is 2.53 bits per heavy atom. The van der Waals surface area contributed by atoms with Crippen LogP contribution in [0.1, 0.15) is 17.2 Å². The number of aromatic hydroxyl groups is 1. The number of fused-ring (bicyclic) bond motifs is 1. The molecule has 0 aliphatic carbocycles. The number of carbonyl (C=O) groups is 2. The minimum Gasteiger partial charge on any atom is -0.507 e. The van der Waals surface area contributed by atoms with Crippen LogP contribution in [0.4, 0.5) is 4.39 Å². The molecular formula is C25H23FN2O4. The Bertz CT molecular complexity index is 1250. The Balaban J connectivity index is 1.91. The minimum atomic E-state index is -0.975. The predicted molar refractivity (Wildman–Crippen MR) is 120 cm³/mol. The number of ketones is 1. The summed E-state index contributed by atoms with van der Waals surface area (Å²) >= 11 is 0. The largest absolute Gasteiger partial charge is 0.507 e. The fourth-order valence-electron chi connectivity index (χ4n) is 4.03. The van der Waals surface area contributed by atoms with Crippen molar-refractivity contribution in [1.82, 2.24) is 9.80 Å². The molecule has 1 aliphatic heterocycles. The van der Waals surface area contributed by atoms with Gasteiger partial charge < -0.3 is 20.0 Å². The van der Waals surface area contributed by atoms with Gasteiger partial charge in [-0.2, -0.15) is 0 Å². The summed E-state index contributed by atoms with van der Waals surface area (Å²) in [6, 6.07) is 14.9. The van der Waals surface area contributed by atoms with E-state index in [2.05, 4.69) is 0 Å². The maximum atomic E-state index is 14.0. The molecular weight excluding hydrogens is 411 g/mol. The molecule has 2 N–H and O–H groups in total. The van der Waals surface area contributed by atoms with Crippen LogP contribution in [0.2, 0.25) is 0 Å². The monoisotopic (exact) mass is 434 g/mol. The molecule has 164 valence electrons. The van der Waals surface area contributed by atoms with E-state index in [1.54, 1.807) is 24.3 Å². The number of aliphatic hydroxyl groups excluding tert-OH is 1. The number of nitrogens with zero attached hydrogens (tertiary/aromatic N) is 2. The second kappa shape index (κ2) is 8.43. The zero-order chi connectivity index (χ0) is 23.0. The van der Waals surface area contributed by atoms with Gasteiger partial charge in [0.15, 0.2) is 0 Å². The molecule has 1 fully saturated rings. The van der Waals surface area contributed by atoms with Gasteiger partial charge in [0, 0.05) is 18.5 Å². The van der Waals surface area contributed by atoms with E-state index in [0.717, 1.165) is 5.39 Å². The van der Waals surface area contributed by atoms with E-state index in [4.69, 9.17) is 0 Å². The molecule has 1 aliphatic rings. The van der Waals surface area contributed by atoms with Crippen molar-refractivity contribution in [3.05, 3.63) is 83.2 Å². The number of carbonyl (C=O) groups excluding carboxylic acids is 2. The van der Waals surface area contributed by atoms with Gasteiger partial charge >= 0.3 is 0 Å². The molecule has 0 bridgehead atoms. The van der Waals surface area contributed by atoms with E-state index in [-0.39, 0.29) is 23.4 Å². The highest BCUT2D eigenvalue weighted by atomic mass is 19.1. The summed E-state index contributed by atoms with van der Waals surface area (Å²) < 4.78 is 14.0. The van der Waals surface area contributed by atoms with Gasteiger partial charge in [0.2, 0.25) is 0 Å². The summed E-state index contributed by atoms with van der Waals surface area (Å²) in [4.78, 5) is 29.1. The van der Waals surface area contributed by atoms with Gasteiger partial charge in [0.1, 0.15) is 17.3 Å². The molecule has 1 amide bonds. The molecule has 3 aromatic carbocycles. The third-order valence-corrected chi connectivity index (χ3v) is 5.65. The number of Topliss-reactive ketones (excluding diaryl/α,β-unsaturated/α-hetero) is 1. The number of phenolic OH excluding ortho intramolecular Hbond substituents is 1. The van der Waals surface area contributed by atoms with Crippen molar-refractivity contribution in [2.45, 2.75) is 6.04 Å². The van der Waals surface area contributed by atoms with Gasteiger partial charge in [0.25, 0.3) is 11.7 Å². The lowest BCUT2D eigenvalue weighted by Gasteiger charge is -2.26. The van der Waals surface area contributed by atoms with Crippen molar-refractivity contribution in [2.24, 2.45) is 0 Å². The number of benzene rings is 3. The average molecular weight is 434 g/mol. The smallest absolute Gasteiger partial charge is 0.295 e. The first-order valence-electron chi connectivity index (χ1n) is 10.2. The van der Waals surface area contributed by atoms with E-state index in [1.807, 2.05) is 31.1 Å². The van der Waals surface area contributed by atoms with Crippen LogP contribution < -0.4 is 0 Å². The fraction of sp³-hybridized carbons (Fsp3) is 0.200. The molecule has 0 spiro atoms. The number of halogens is 1. The van der Waals surface area contributed by atoms with Crippen LogP contribution in [-0.2, 0) is 9.59 Å². The summed E-state index contributed by atoms with van der Waals surface area (Å²) in [5.41, 5.74) is 0.227. The van der Waals surface area contributed by atoms with Crippen molar-refractivity contribution in [3.63, 3.8) is 0 Å². The summed E-state index contributed by atoms with van der Waals surface area (Å²) in [6.45, 7) is 0.680. The lowest BCUT2D eigenvalue weighted by atomic mass is 9.94. The fourth-order valence-corrected chi connectivity index (χ4v) is 4.03. The second-order valence-electron chi connectivity index (χ2n) is 8.03. The van der Waals surface area contributed by atoms with E-state index in [9.17, 15) is 24.2 Å². The molecule has 4 rings (SSSR count). The van der Waals surface area contributed by atoms with Gasteiger partial charge in [-0.1, -0.05) is 42.5 Å². The van der Waals surface area contributed by atoms with Gasteiger partial charge in [-0.15, -0.1) is 0 Å². The summed E-state index contributed by atoms with van der Waals surface area (Å²) in [7, 11) is 3.67. The Hall–Kier alpha value is -3.71. The minimum absolute atomic E-state index is 0.0377. The lowest BCUT2D eigenvalue weighted by molar-refractivity contribution is -0.140. The van der Waals surface area contributed by atoms with Crippen LogP contribution in [0, 0.1) is 5.82 Å². The van der Waals surface area contributed by atoms with E-state index in [1.165, 1.54) is 29.2 Å². The molecule has 1 heterocycles. The Morgan fingerprint density at radius 1 is 1.06 bits per heavy atom. The predicted octanol–water partition coefficient (Wildman–Crippen LogP) is 3.67. The number of amides is 1. The van der Waals surface area contributed by atoms with Crippen LogP contribution >= 0.6 is 0 Å². The van der Waals surface area contributed by atoms with Crippen LogP contribution in [-0.4, -0.2) is 58.9 Å². The number of hydrogen-bond donors (Lipinski definition) is 2. The molecule has 32 heavy (non-hydrogen) atoms. The third kappa shape index (κ3) is 3.71. The van der Waals surface area contributed by atoms with Gasteiger partial charge in [-0.05, 0) is 43.2 Å². The molecule has 6 nitrogen and oxygen atoms in total. The first kappa shape index (κ1) is 21.5. The van der Waals surface area contributed by atoms with Gasteiger partial charge in [-0.3, -0.25) is 9.59 Å². The summed E-state index contributed by atoms with van der Waals surface area (Å²) in [5, 5.41) is 23.2. The number of likely N-dealkylation sites (tertiary alicyclic amines) is 1. The number of aliphatic hydroxyl groups is 1. The number of likely N-dealkylation sites (N-methyl/N-ethyl adjacent to an activating group) is 1. The van der Waals surface area contributed by atoms with Crippen molar-refractivity contribution >= 4 is 28.2 Å². The molecule has 1 saturated heterocycles. The van der Waals surface area contributed by atoms with E-state index >= 15 is 0 Å². The average Bonchev–Trinajstić information content (AvgIpc) is 3.02. The zero-order valence-electron chi connectivity index (χ0n) is 17.7. The van der Waals surface area contributed by atoms with Gasteiger partial charge in [0.05, 0.1) is 17.2 Å². The van der Waals surface area contributed by atoms with E-state index < -0.39 is 29.3 Å². The lowest BCUT2D eigenvalue weighted by Crippen LogP contribution is -2.35. The number of rotatable bonds is 5. The number of phenols is 1. The SMILES string of the molecule is CN(C)CCN1C(=O)C(=O)C(=C(O)c2ccc3ccccc3c2O)C1c1cccc(F)c1. The van der Waals surface area contributed by atoms with Crippen molar-refractivity contribution < 1.29 is 24.2 Å². The third-order valence-electron chi connectivity index (χ3n) is 5.65. The molecule has 1 unspecified atom stereocenters. The van der Waals surface area contributed by atoms with Crippen molar-refractivity contribution in [1.29, 1.82) is 0 Å². The van der Waals surface area contributed by atoms with Crippen LogP contribution in [0.3, 0.4) is 0 Å². The maximum Gasteiger partial charge on any atom is 0.295 e. The van der Waals surface area contributed by atoms with E-state index in [0.29, 0.717) is 17.5 Å². The first-order valence-corrected chi connectivity index (χ1v) is 10.2. The Morgan fingerprint density at radius 2 is 1.81 bits per heavy atom. The molecule has 1 atom stereocenters. The van der Waals surface area contributed by atoms with Crippen LogP contribution in [0.25, 0.3) is 16.5 Å². The molecule has 0 aromatic heterocycles.